The fourth-order valence-corrected chi connectivity index (χ4v) is 15.5. The highest BCUT2D eigenvalue weighted by atomic mass is 28.4. The molecule has 2 aromatic heterocycles. The van der Waals surface area contributed by atoms with Crippen molar-refractivity contribution in [3.63, 3.8) is 0 Å². The molecular formula is C56H62N12O2Si. The number of benzene rings is 4. The quantitative estimate of drug-likeness (QED) is 0.171. The van der Waals surface area contributed by atoms with Crippen LogP contribution >= 0.6 is 0 Å². The van der Waals surface area contributed by atoms with Crippen LogP contribution in [0.3, 0.4) is 0 Å². The first-order valence-corrected chi connectivity index (χ1v) is 28.2. The van der Waals surface area contributed by atoms with Crippen molar-refractivity contribution >= 4 is 88.2 Å². The van der Waals surface area contributed by atoms with Gasteiger partial charge in [0.25, 0.3) is 0 Å². The first kappa shape index (κ1) is 43.4. The standard InChI is InChI=1S/C56H62N12O2Si/c1-33-13-9-25-63(29-33)41-21-5-17-37-45(41)51-57-49(37)59-55-48-40(20-8-24-44(48)66-28-12-16-36(4)32-66)54-62-52-46-38(18-6-22-42(46)64-26-10-14-34(2)30-64)50(58-52)60-56-47-39(53(61-51)67(56)71(69,70)68(54)55)19-7-23-43(47)65-27-11-15-35(3)31-65/h5-8,17-24,33-36,69-70H,9-16,25-32H2,1-4H3/b59-49-,59-55?,60-50?,60-56-,61-51?,61-53-,62-52-,62-54?. The zero-order chi connectivity index (χ0) is 47.9. The first-order valence-electron chi connectivity index (χ1n) is 26.4. The Labute approximate surface area is 415 Å². The number of hydrogen-bond acceptors (Lipinski definition) is 12. The molecule has 0 amide bonds. The van der Waals surface area contributed by atoms with Gasteiger partial charge in [0, 0.05) is 97.0 Å². The van der Waals surface area contributed by atoms with Crippen LogP contribution in [0.2, 0.25) is 0 Å². The number of piperidine rings is 4. The third-order valence-electron chi connectivity index (χ3n) is 16.7. The first-order chi connectivity index (χ1) is 34.6. The number of fused-ring (bicyclic) bond motifs is 14. The SMILES string of the molecule is CC1CCCN(c2cccc3c2C2=NC/3=N\c3c4c(N5CCCC(C)C5)cccc4c4n3[Si](O)(O)n3/c(c5cccc(N6CCCC(C)C6)c5/c3=N/C3=NC(=N\4)/c4c3cccc4N3CCCC(C)C3)=N\2)C1. The highest BCUT2D eigenvalue weighted by molar-refractivity contribution is 6.63. The molecule has 4 fully saturated rings. The summed E-state index contributed by atoms with van der Waals surface area (Å²) in [5.74, 6) is 4.86. The van der Waals surface area contributed by atoms with Crippen LogP contribution in [-0.2, 0) is 0 Å². The number of aromatic nitrogens is 2. The molecule has 8 aliphatic rings. The molecule has 10 heterocycles. The van der Waals surface area contributed by atoms with Crippen molar-refractivity contribution in [2.24, 2.45) is 53.6 Å². The molecule has 4 atom stereocenters. The Kier molecular flexibility index (Phi) is 9.96. The van der Waals surface area contributed by atoms with Crippen LogP contribution in [0, 0.1) is 23.7 Å². The van der Waals surface area contributed by atoms with Gasteiger partial charge in [-0.05, 0) is 99.3 Å². The average molecular weight is 963 g/mol. The van der Waals surface area contributed by atoms with Gasteiger partial charge >= 0.3 is 8.88 Å². The molecule has 71 heavy (non-hydrogen) atoms. The van der Waals surface area contributed by atoms with Crippen molar-refractivity contribution in [1.82, 2.24) is 8.47 Å². The summed E-state index contributed by atoms with van der Waals surface area (Å²) >= 11 is 0. The van der Waals surface area contributed by atoms with Crippen LogP contribution in [0.15, 0.2) is 103 Å². The van der Waals surface area contributed by atoms with Crippen molar-refractivity contribution in [2.75, 3.05) is 72.0 Å². The van der Waals surface area contributed by atoms with Crippen LogP contribution in [0.1, 0.15) is 101 Å². The van der Waals surface area contributed by atoms with E-state index in [0.717, 1.165) is 157 Å². The van der Waals surface area contributed by atoms with Crippen molar-refractivity contribution in [3.8, 4) is 0 Å². The summed E-state index contributed by atoms with van der Waals surface area (Å²) in [5.41, 5.74) is 8.54. The summed E-state index contributed by atoms with van der Waals surface area (Å²) in [7, 11) is -5.14. The molecule has 0 saturated carbocycles. The van der Waals surface area contributed by atoms with Gasteiger partial charge in [0.05, 0.1) is 21.9 Å². The van der Waals surface area contributed by atoms with Gasteiger partial charge in [-0.25, -0.2) is 30.0 Å². The molecule has 4 unspecified atom stereocenters. The molecule has 2 N–H and O–H groups in total. The molecule has 4 aromatic carbocycles. The highest BCUT2D eigenvalue weighted by Gasteiger charge is 2.48. The highest BCUT2D eigenvalue weighted by Crippen LogP contribution is 2.48. The second-order valence-corrected chi connectivity index (χ2v) is 24.2. The van der Waals surface area contributed by atoms with Crippen molar-refractivity contribution < 1.29 is 9.59 Å². The van der Waals surface area contributed by atoms with E-state index in [1.807, 2.05) is 0 Å². The lowest BCUT2D eigenvalue weighted by molar-refractivity contribution is 0.324. The van der Waals surface area contributed by atoms with Crippen molar-refractivity contribution in [3.05, 3.63) is 106 Å². The summed E-state index contributed by atoms with van der Waals surface area (Å²) in [4.78, 5) is 71.5. The van der Waals surface area contributed by atoms with E-state index in [1.165, 1.54) is 12.8 Å². The third kappa shape index (κ3) is 6.71. The predicted octanol–water partition coefficient (Wildman–Crippen LogP) is 8.30. The Balaban J connectivity index is 1.16. The summed E-state index contributed by atoms with van der Waals surface area (Å²) in [6.07, 6.45) is 9.02. The molecule has 0 spiro atoms. The summed E-state index contributed by atoms with van der Waals surface area (Å²) in [6.45, 7) is 16.5. The normalized spacial score (nSPS) is 26.8. The lowest BCUT2D eigenvalue weighted by atomic mass is 9.97. The van der Waals surface area contributed by atoms with Crippen molar-refractivity contribution in [1.29, 1.82) is 0 Å². The molecule has 14 rings (SSSR count). The molecule has 4 saturated heterocycles. The fraction of sp³-hybridized carbons (Fsp3) is 0.429. The average Bonchev–Trinajstić information content (AvgIpc) is 4.10. The molecule has 0 aliphatic carbocycles. The Hall–Kier alpha value is -6.42. The Morgan fingerprint density at radius 1 is 0.423 bits per heavy atom. The van der Waals surface area contributed by atoms with Gasteiger partial charge in [-0.1, -0.05) is 76.2 Å². The number of anilines is 4. The van der Waals surface area contributed by atoms with Crippen molar-refractivity contribution in [2.45, 2.75) is 79.1 Å². The van der Waals surface area contributed by atoms with Crippen LogP contribution < -0.4 is 30.6 Å². The van der Waals surface area contributed by atoms with Gasteiger partial charge in [0.1, 0.15) is 22.6 Å². The Bertz CT molecular complexity index is 3510. The van der Waals surface area contributed by atoms with E-state index in [2.05, 4.69) is 120 Å². The number of nitrogens with zero attached hydrogens (tertiary/aromatic N) is 12. The summed E-state index contributed by atoms with van der Waals surface area (Å²) < 4.78 is 3.35. The zero-order valence-corrected chi connectivity index (χ0v) is 42.3. The largest absolute Gasteiger partial charge is 0.597 e. The third-order valence-corrected chi connectivity index (χ3v) is 18.8. The maximum Gasteiger partial charge on any atom is 0.597 e. The molecule has 362 valence electrons. The minimum atomic E-state index is -5.14. The van der Waals surface area contributed by atoms with Gasteiger partial charge < -0.3 is 29.2 Å². The molecular weight excluding hydrogens is 901 g/mol. The number of rotatable bonds is 4. The van der Waals surface area contributed by atoms with Crippen LogP contribution in [-0.4, -0.2) is 103 Å². The molecule has 14 nitrogen and oxygen atoms in total. The Morgan fingerprint density at radius 3 is 1.39 bits per heavy atom. The number of hydrogen-bond donors (Lipinski definition) is 2. The minimum Gasteiger partial charge on any atom is -0.377 e. The van der Waals surface area contributed by atoms with E-state index in [0.29, 0.717) is 69.6 Å². The lowest BCUT2D eigenvalue weighted by Gasteiger charge is -2.34. The topological polar surface area (TPSA) is 137 Å². The summed E-state index contributed by atoms with van der Waals surface area (Å²) in [5, 5.41) is 3.18. The van der Waals surface area contributed by atoms with Gasteiger partial charge in [0.2, 0.25) is 0 Å². The Morgan fingerprint density at radius 2 is 0.845 bits per heavy atom. The molecule has 0 radical (unpaired) electrons. The van der Waals surface area contributed by atoms with E-state index in [1.54, 1.807) is 8.47 Å². The number of amidine groups is 4. The van der Waals surface area contributed by atoms with E-state index in [-0.39, 0.29) is 0 Å². The maximum absolute atomic E-state index is 14.1. The van der Waals surface area contributed by atoms with Gasteiger partial charge in [0.15, 0.2) is 23.3 Å². The second kappa shape index (κ2) is 16.3. The maximum atomic E-state index is 14.1. The minimum absolute atomic E-state index is 0.399. The molecule has 6 aromatic rings. The van der Waals surface area contributed by atoms with E-state index in [4.69, 9.17) is 30.0 Å². The van der Waals surface area contributed by atoms with Crippen LogP contribution in [0.4, 0.5) is 34.4 Å². The van der Waals surface area contributed by atoms with E-state index >= 15 is 0 Å². The van der Waals surface area contributed by atoms with E-state index < -0.39 is 8.88 Å². The van der Waals surface area contributed by atoms with Gasteiger partial charge in [-0.15, -0.1) is 0 Å². The van der Waals surface area contributed by atoms with Gasteiger partial charge in [-0.3, -0.25) is 8.47 Å². The van der Waals surface area contributed by atoms with E-state index in [9.17, 15) is 9.59 Å². The zero-order valence-electron chi connectivity index (χ0n) is 41.3. The fourth-order valence-electron chi connectivity index (χ4n) is 13.5. The van der Waals surface area contributed by atoms with Crippen LogP contribution in [0.5, 0.6) is 0 Å². The molecule has 8 aliphatic heterocycles. The molecule has 15 heteroatoms. The van der Waals surface area contributed by atoms with Crippen LogP contribution in [0.25, 0.3) is 21.5 Å². The molecule has 6 bridgehead atoms. The van der Waals surface area contributed by atoms with Gasteiger partial charge in [-0.2, -0.15) is 0 Å². The summed E-state index contributed by atoms with van der Waals surface area (Å²) in [6, 6.07) is 25.5. The monoisotopic (exact) mass is 962 g/mol. The predicted molar refractivity (Wildman–Crippen MR) is 288 cm³/mol. The second-order valence-electron chi connectivity index (χ2n) is 22.1. The number of aliphatic imine (C=N–C) groups is 4. The lowest BCUT2D eigenvalue weighted by Crippen LogP contribution is -2.60. The smallest absolute Gasteiger partial charge is 0.377 e.